The first-order chi connectivity index (χ1) is 13.8. The maximum Gasteiger partial charge on any atom is 0.325 e. The highest BCUT2D eigenvalue weighted by atomic mass is 16.4. The second kappa shape index (κ2) is 12.4. The van der Waals surface area contributed by atoms with Gasteiger partial charge in [0.1, 0.15) is 18.1 Å². The number of carboxylic acid groups (broad SMARTS) is 1. The van der Waals surface area contributed by atoms with Gasteiger partial charge in [0.15, 0.2) is 0 Å². The van der Waals surface area contributed by atoms with E-state index in [-0.39, 0.29) is 12.8 Å². The van der Waals surface area contributed by atoms with Crippen LogP contribution >= 0.6 is 0 Å². The summed E-state index contributed by atoms with van der Waals surface area (Å²) in [5.74, 6) is -5.64. The Morgan fingerprint density at radius 1 is 0.833 bits per heavy atom. The van der Waals surface area contributed by atoms with Crippen LogP contribution in [0.3, 0.4) is 0 Å². The van der Waals surface area contributed by atoms with Gasteiger partial charge in [-0.25, -0.2) is 0 Å². The summed E-state index contributed by atoms with van der Waals surface area (Å²) in [6.07, 6.45) is -0.897. The molecule has 0 rings (SSSR count). The Balaban J connectivity index is 5.36. The third-order valence-corrected chi connectivity index (χ3v) is 4.05. The highest BCUT2D eigenvalue weighted by Gasteiger charge is 2.31. The molecule has 30 heavy (non-hydrogen) atoms. The quantitative estimate of drug-likeness (QED) is 0.155. The largest absolute Gasteiger partial charge is 0.480 e. The molecule has 0 aliphatic carbocycles. The van der Waals surface area contributed by atoms with Crippen molar-refractivity contribution in [2.24, 2.45) is 23.1 Å². The van der Waals surface area contributed by atoms with Crippen molar-refractivity contribution in [1.82, 2.24) is 16.0 Å². The van der Waals surface area contributed by atoms with E-state index in [1.165, 1.54) is 6.92 Å². The van der Waals surface area contributed by atoms with Crippen molar-refractivity contribution in [3.05, 3.63) is 0 Å². The van der Waals surface area contributed by atoms with Crippen LogP contribution in [0.2, 0.25) is 0 Å². The third-order valence-electron chi connectivity index (χ3n) is 4.05. The summed E-state index contributed by atoms with van der Waals surface area (Å²) in [4.78, 5) is 70.1. The number of rotatable bonds is 13. The molecule has 13 heteroatoms. The standard InChI is InChI=1S/C17H30N6O7/c1-7(2)13(16(28)21-8(3)17(29)30)23-15(27)10(4-5-11(19)24)22-14(26)9(18)6-12(20)25/h7-10,13H,4-6,18H2,1-3H3,(H2,19,24)(H2,20,25)(H,21,28)(H,22,26)(H,23,27)(H,29,30). The molecule has 4 atom stereocenters. The summed E-state index contributed by atoms with van der Waals surface area (Å²) >= 11 is 0. The molecule has 0 aromatic carbocycles. The molecule has 0 saturated heterocycles. The summed E-state index contributed by atoms with van der Waals surface area (Å²) in [5.41, 5.74) is 15.6. The van der Waals surface area contributed by atoms with Gasteiger partial charge in [-0.2, -0.15) is 0 Å². The number of hydrogen-bond donors (Lipinski definition) is 7. The summed E-state index contributed by atoms with van der Waals surface area (Å²) in [6.45, 7) is 4.50. The predicted octanol–water partition coefficient (Wildman–Crippen LogP) is -3.33. The van der Waals surface area contributed by atoms with E-state index in [1.54, 1.807) is 13.8 Å². The number of primary amides is 2. The van der Waals surface area contributed by atoms with Crippen LogP contribution in [0.1, 0.15) is 40.0 Å². The lowest BCUT2D eigenvalue weighted by Gasteiger charge is -2.26. The van der Waals surface area contributed by atoms with Crippen LogP contribution < -0.4 is 33.2 Å². The normalized spacial score (nSPS) is 14.7. The van der Waals surface area contributed by atoms with Crippen molar-refractivity contribution in [2.45, 2.75) is 64.2 Å². The van der Waals surface area contributed by atoms with E-state index in [0.29, 0.717) is 0 Å². The molecule has 13 nitrogen and oxygen atoms in total. The molecule has 0 aromatic rings. The van der Waals surface area contributed by atoms with E-state index in [9.17, 15) is 28.8 Å². The number of hydrogen-bond acceptors (Lipinski definition) is 7. The summed E-state index contributed by atoms with van der Waals surface area (Å²) < 4.78 is 0. The topological polar surface area (TPSA) is 237 Å². The van der Waals surface area contributed by atoms with E-state index in [4.69, 9.17) is 22.3 Å². The molecule has 0 spiro atoms. The Kier molecular flexibility index (Phi) is 11.0. The highest BCUT2D eigenvalue weighted by molar-refractivity contribution is 5.95. The lowest BCUT2D eigenvalue weighted by atomic mass is 10.0. The second-order valence-electron chi connectivity index (χ2n) is 7.14. The number of nitrogens with one attached hydrogen (secondary N) is 3. The monoisotopic (exact) mass is 430 g/mol. The van der Waals surface area contributed by atoms with Crippen LogP contribution in [0.25, 0.3) is 0 Å². The van der Waals surface area contributed by atoms with Gasteiger partial charge in [-0.1, -0.05) is 13.8 Å². The van der Waals surface area contributed by atoms with Crippen LogP contribution in [0.4, 0.5) is 0 Å². The van der Waals surface area contributed by atoms with Gasteiger partial charge in [-0.05, 0) is 19.3 Å². The molecular formula is C17H30N6O7. The van der Waals surface area contributed by atoms with E-state index in [2.05, 4.69) is 16.0 Å². The van der Waals surface area contributed by atoms with Gasteiger partial charge < -0.3 is 38.3 Å². The van der Waals surface area contributed by atoms with Gasteiger partial charge in [0, 0.05) is 6.42 Å². The minimum atomic E-state index is -1.31. The Labute approximate surface area is 173 Å². The van der Waals surface area contributed by atoms with Crippen molar-refractivity contribution in [1.29, 1.82) is 0 Å². The zero-order chi connectivity index (χ0) is 23.6. The predicted molar refractivity (Wildman–Crippen MR) is 104 cm³/mol. The molecule has 10 N–H and O–H groups in total. The smallest absolute Gasteiger partial charge is 0.325 e. The van der Waals surface area contributed by atoms with Crippen LogP contribution in [-0.4, -0.2) is 64.8 Å². The molecular weight excluding hydrogens is 400 g/mol. The fourth-order valence-corrected chi connectivity index (χ4v) is 2.30. The number of nitrogens with two attached hydrogens (primary N) is 3. The van der Waals surface area contributed by atoms with Crippen molar-refractivity contribution in [3.63, 3.8) is 0 Å². The molecule has 170 valence electrons. The second-order valence-corrected chi connectivity index (χ2v) is 7.14. The zero-order valence-electron chi connectivity index (χ0n) is 17.1. The SMILES string of the molecule is CC(NC(=O)C(NC(=O)C(CCC(N)=O)NC(=O)C(N)CC(N)=O)C(C)C)C(=O)O. The van der Waals surface area contributed by atoms with Gasteiger partial charge in [-0.3, -0.25) is 28.8 Å². The first-order valence-corrected chi connectivity index (χ1v) is 9.22. The Morgan fingerprint density at radius 2 is 1.40 bits per heavy atom. The van der Waals surface area contributed by atoms with Crippen molar-refractivity contribution >= 4 is 35.5 Å². The van der Waals surface area contributed by atoms with Crippen molar-refractivity contribution in [3.8, 4) is 0 Å². The van der Waals surface area contributed by atoms with Crippen LogP contribution in [0.5, 0.6) is 0 Å². The third kappa shape index (κ3) is 9.82. The molecule has 0 aromatic heterocycles. The van der Waals surface area contributed by atoms with E-state index >= 15 is 0 Å². The number of carbonyl (C=O) groups is 6. The Morgan fingerprint density at radius 3 is 1.83 bits per heavy atom. The summed E-state index contributed by atoms with van der Waals surface area (Å²) in [7, 11) is 0. The Hall–Kier alpha value is -3.22. The molecule has 0 heterocycles. The average molecular weight is 430 g/mol. The fourth-order valence-electron chi connectivity index (χ4n) is 2.30. The molecule has 0 aliphatic rings. The lowest BCUT2D eigenvalue weighted by molar-refractivity contribution is -0.142. The average Bonchev–Trinajstić information content (AvgIpc) is 2.61. The van der Waals surface area contributed by atoms with Gasteiger partial charge in [-0.15, -0.1) is 0 Å². The van der Waals surface area contributed by atoms with Gasteiger partial charge >= 0.3 is 5.97 Å². The van der Waals surface area contributed by atoms with Crippen molar-refractivity contribution < 1.29 is 33.9 Å². The number of amides is 5. The minimum absolute atomic E-state index is 0.186. The van der Waals surface area contributed by atoms with Gasteiger partial charge in [0.2, 0.25) is 29.5 Å². The fraction of sp³-hybridized carbons (Fsp3) is 0.647. The maximum absolute atomic E-state index is 12.7. The number of carboxylic acids is 1. The summed E-state index contributed by atoms with van der Waals surface area (Å²) in [5, 5.41) is 15.9. The van der Waals surface area contributed by atoms with Crippen LogP contribution in [0.15, 0.2) is 0 Å². The molecule has 0 radical (unpaired) electrons. The van der Waals surface area contributed by atoms with E-state index in [1.807, 2.05) is 0 Å². The minimum Gasteiger partial charge on any atom is -0.480 e. The molecule has 0 fully saturated rings. The molecule has 0 aliphatic heterocycles. The maximum atomic E-state index is 12.7. The zero-order valence-corrected chi connectivity index (χ0v) is 17.1. The molecule has 0 bridgehead atoms. The highest BCUT2D eigenvalue weighted by Crippen LogP contribution is 2.06. The number of aliphatic carboxylic acids is 1. The van der Waals surface area contributed by atoms with Crippen LogP contribution in [0, 0.1) is 5.92 Å². The van der Waals surface area contributed by atoms with Crippen molar-refractivity contribution in [2.75, 3.05) is 0 Å². The first kappa shape index (κ1) is 26.8. The van der Waals surface area contributed by atoms with Gasteiger partial charge in [0.25, 0.3) is 0 Å². The molecule has 5 amide bonds. The summed E-state index contributed by atoms with van der Waals surface area (Å²) in [6, 6.07) is -4.90. The van der Waals surface area contributed by atoms with Gasteiger partial charge in [0.05, 0.1) is 12.5 Å². The first-order valence-electron chi connectivity index (χ1n) is 9.22. The Bertz CT molecular complexity index is 682. The molecule has 0 saturated carbocycles. The van der Waals surface area contributed by atoms with Crippen LogP contribution in [-0.2, 0) is 28.8 Å². The lowest BCUT2D eigenvalue weighted by Crippen LogP contribution is -2.58. The van der Waals surface area contributed by atoms with E-state index in [0.717, 1.165) is 0 Å². The molecule has 4 unspecified atom stereocenters. The van der Waals surface area contributed by atoms with E-state index < -0.39 is 72.0 Å². The number of carbonyl (C=O) groups excluding carboxylic acids is 5.